The predicted molar refractivity (Wildman–Crippen MR) is 75.0 cm³/mol. The van der Waals surface area contributed by atoms with E-state index in [2.05, 4.69) is 53.1 Å². The van der Waals surface area contributed by atoms with Gasteiger partial charge in [0, 0.05) is 22.5 Å². The minimum atomic E-state index is 0.556. The molecule has 1 aromatic rings. The van der Waals surface area contributed by atoms with Crippen LogP contribution < -0.4 is 5.32 Å². The summed E-state index contributed by atoms with van der Waals surface area (Å²) < 4.78 is 1.03. The number of hydrogen-bond donors (Lipinski definition) is 1. The van der Waals surface area contributed by atoms with Crippen LogP contribution in [0.1, 0.15) is 20.8 Å². The molecule has 0 aromatic carbocycles. The molecule has 1 atom stereocenters. The van der Waals surface area contributed by atoms with E-state index >= 15 is 0 Å². The highest BCUT2D eigenvalue weighted by Crippen LogP contribution is 2.20. The molecule has 16 heavy (non-hydrogen) atoms. The monoisotopic (exact) mass is 302 g/mol. The number of rotatable bonds is 6. The molecule has 1 aromatic heterocycles. The molecule has 0 amide bonds. The quantitative estimate of drug-likeness (QED) is 0.813. The lowest BCUT2D eigenvalue weighted by molar-refractivity contribution is 0.443. The summed E-state index contributed by atoms with van der Waals surface area (Å²) in [4.78, 5) is 4.36. The summed E-state index contributed by atoms with van der Waals surface area (Å²) in [6.07, 6.45) is 1.85. The van der Waals surface area contributed by atoms with Crippen molar-refractivity contribution in [1.82, 2.24) is 10.3 Å². The van der Waals surface area contributed by atoms with Crippen molar-refractivity contribution in [1.29, 1.82) is 0 Å². The Morgan fingerprint density at radius 3 is 2.69 bits per heavy atom. The maximum atomic E-state index is 4.36. The fourth-order valence-corrected chi connectivity index (χ4v) is 2.75. The van der Waals surface area contributed by atoms with Gasteiger partial charge in [0.15, 0.2) is 0 Å². The summed E-state index contributed by atoms with van der Waals surface area (Å²) in [6.45, 7) is 7.68. The Bertz CT molecular complexity index is 300. The summed E-state index contributed by atoms with van der Waals surface area (Å²) in [5, 5.41) is 4.60. The second-order valence-corrected chi connectivity index (χ2v) is 5.99. The summed E-state index contributed by atoms with van der Waals surface area (Å²) in [5.41, 5.74) is 0. The zero-order chi connectivity index (χ0) is 12.0. The van der Waals surface area contributed by atoms with Gasteiger partial charge in [-0.1, -0.05) is 20.8 Å². The Labute approximate surface area is 111 Å². The van der Waals surface area contributed by atoms with Crippen molar-refractivity contribution in [2.75, 3.05) is 12.3 Å². The average Bonchev–Trinajstić information content (AvgIpc) is 2.26. The molecular formula is C12H19BrN2S. The van der Waals surface area contributed by atoms with Crippen LogP contribution >= 0.6 is 27.7 Å². The molecule has 0 bridgehead atoms. The third-order valence-corrected chi connectivity index (χ3v) is 3.91. The van der Waals surface area contributed by atoms with E-state index in [1.807, 2.05) is 24.0 Å². The van der Waals surface area contributed by atoms with Crippen molar-refractivity contribution in [3.63, 3.8) is 0 Å². The van der Waals surface area contributed by atoms with Crippen LogP contribution in [0.5, 0.6) is 0 Å². The predicted octanol–water partition coefficient (Wildman–Crippen LogP) is 3.57. The highest BCUT2D eigenvalue weighted by Gasteiger charge is 2.12. The molecular weight excluding hydrogens is 284 g/mol. The fraction of sp³-hybridized carbons (Fsp3) is 0.583. The lowest BCUT2D eigenvalue weighted by atomic mass is 10.1. The van der Waals surface area contributed by atoms with Gasteiger partial charge in [-0.05, 0) is 40.5 Å². The second-order valence-electron chi connectivity index (χ2n) is 4.03. The first-order chi connectivity index (χ1) is 7.63. The SMILES string of the molecule is CCNC(CSc1ccc(Br)cn1)C(C)C. The van der Waals surface area contributed by atoms with E-state index in [1.54, 1.807) is 0 Å². The van der Waals surface area contributed by atoms with Crippen LogP contribution in [0.3, 0.4) is 0 Å². The summed E-state index contributed by atoms with van der Waals surface area (Å²) in [7, 11) is 0. The highest BCUT2D eigenvalue weighted by molar-refractivity contribution is 9.10. The Kier molecular flexibility index (Phi) is 6.39. The van der Waals surface area contributed by atoms with Gasteiger partial charge in [-0.15, -0.1) is 11.8 Å². The van der Waals surface area contributed by atoms with Gasteiger partial charge in [-0.25, -0.2) is 4.98 Å². The number of thioether (sulfide) groups is 1. The zero-order valence-corrected chi connectivity index (χ0v) is 12.4. The van der Waals surface area contributed by atoms with Gasteiger partial charge < -0.3 is 5.32 Å². The maximum Gasteiger partial charge on any atom is 0.0961 e. The number of nitrogens with zero attached hydrogens (tertiary/aromatic N) is 1. The van der Waals surface area contributed by atoms with Crippen molar-refractivity contribution in [3.8, 4) is 0 Å². The van der Waals surface area contributed by atoms with Crippen molar-refractivity contribution in [3.05, 3.63) is 22.8 Å². The van der Waals surface area contributed by atoms with Crippen LogP contribution in [0.15, 0.2) is 27.8 Å². The molecule has 1 rings (SSSR count). The molecule has 1 N–H and O–H groups in total. The third-order valence-electron chi connectivity index (χ3n) is 2.38. The van der Waals surface area contributed by atoms with E-state index in [-0.39, 0.29) is 0 Å². The number of pyridine rings is 1. The number of nitrogens with one attached hydrogen (secondary N) is 1. The smallest absolute Gasteiger partial charge is 0.0961 e. The van der Waals surface area contributed by atoms with Gasteiger partial charge in [-0.2, -0.15) is 0 Å². The third kappa shape index (κ3) is 4.85. The minimum absolute atomic E-state index is 0.556. The van der Waals surface area contributed by atoms with Crippen molar-refractivity contribution < 1.29 is 0 Å². The van der Waals surface area contributed by atoms with E-state index in [4.69, 9.17) is 0 Å². The lowest BCUT2D eigenvalue weighted by Gasteiger charge is -2.20. The maximum absolute atomic E-state index is 4.36. The molecule has 0 radical (unpaired) electrons. The van der Waals surface area contributed by atoms with Gasteiger partial charge in [0.05, 0.1) is 5.03 Å². The van der Waals surface area contributed by atoms with Crippen LogP contribution in [0, 0.1) is 5.92 Å². The van der Waals surface area contributed by atoms with E-state index in [0.29, 0.717) is 12.0 Å². The van der Waals surface area contributed by atoms with Crippen molar-refractivity contribution in [2.24, 2.45) is 5.92 Å². The Morgan fingerprint density at radius 1 is 1.44 bits per heavy atom. The molecule has 90 valence electrons. The standard InChI is InChI=1S/C12H19BrN2S/c1-4-14-11(9(2)3)8-16-12-6-5-10(13)7-15-12/h5-7,9,11,14H,4,8H2,1-3H3. The molecule has 0 spiro atoms. The van der Waals surface area contributed by atoms with E-state index in [1.165, 1.54) is 0 Å². The fourth-order valence-electron chi connectivity index (χ4n) is 1.37. The molecule has 0 saturated carbocycles. The summed E-state index contributed by atoms with van der Waals surface area (Å²) in [6, 6.07) is 4.64. The molecule has 1 heterocycles. The van der Waals surface area contributed by atoms with Gasteiger partial charge in [0.1, 0.15) is 0 Å². The van der Waals surface area contributed by atoms with E-state index < -0.39 is 0 Å². The van der Waals surface area contributed by atoms with Gasteiger partial charge in [-0.3, -0.25) is 0 Å². The van der Waals surface area contributed by atoms with Crippen LogP contribution in [-0.4, -0.2) is 23.3 Å². The van der Waals surface area contributed by atoms with Crippen LogP contribution in [0.2, 0.25) is 0 Å². The number of hydrogen-bond acceptors (Lipinski definition) is 3. The van der Waals surface area contributed by atoms with E-state index in [0.717, 1.165) is 21.8 Å². The summed E-state index contributed by atoms with van der Waals surface area (Å²) >= 11 is 5.20. The van der Waals surface area contributed by atoms with Gasteiger partial charge in [0.2, 0.25) is 0 Å². The topological polar surface area (TPSA) is 24.9 Å². The molecule has 4 heteroatoms. The molecule has 0 fully saturated rings. The van der Waals surface area contributed by atoms with Crippen molar-refractivity contribution >= 4 is 27.7 Å². The van der Waals surface area contributed by atoms with E-state index in [9.17, 15) is 0 Å². The first-order valence-electron chi connectivity index (χ1n) is 5.61. The molecule has 0 aliphatic carbocycles. The molecule has 0 saturated heterocycles. The number of halogens is 1. The Morgan fingerprint density at radius 2 is 2.19 bits per heavy atom. The molecule has 1 unspecified atom stereocenters. The first-order valence-corrected chi connectivity index (χ1v) is 7.39. The number of aromatic nitrogens is 1. The largest absolute Gasteiger partial charge is 0.313 e. The van der Waals surface area contributed by atoms with Crippen LogP contribution in [0.4, 0.5) is 0 Å². The summed E-state index contributed by atoms with van der Waals surface area (Å²) in [5.74, 6) is 1.73. The highest BCUT2D eigenvalue weighted by atomic mass is 79.9. The zero-order valence-electron chi connectivity index (χ0n) is 10.0. The lowest BCUT2D eigenvalue weighted by Crippen LogP contribution is -2.35. The molecule has 0 aliphatic rings. The van der Waals surface area contributed by atoms with Gasteiger partial charge in [0.25, 0.3) is 0 Å². The molecule has 0 aliphatic heterocycles. The Balaban J connectivity index is 2.45. The minimum Gasteiger partial charge on any atom is -0.313 e. The Hall–Kier alpha value is -0.0600. The van der Waals surface area contributed by atoms with Crippen LogP contribution in [-0.2, 0) is 0 Å². The first kappa shape index (κ1) is 14.0. The average molecular weight is 303 g/mol. The molecule has 2 nitrogen and oxygen atoms in total. The van der Waals surface area contributed by atoms with Gasteiger partial charge >= 0.3 is 0 Å². The normalized spacial score (nSPS) is 13.1. The van der Waals surface area contributed by atoms with Crippen LogP contribution in [0.25, 0.3) is 0 Å². The van der Waals surface area contributed by atoms with Crippen molar-refractivity contribution in [2.45, 2.75) is 31.8 Å². The second kappa shape index (κ2) is 7.30.